The van der Waals surface area contributed by atoms with Crippen molar-refractivity contribution in [1.82, 2.24) is 9.62 Å². The summed E-state index contributed by atoms with van der Waals surface area (Å²) in [7, 11) is -1.86. The van der Waals surface area contributed by atoms with E-state index in [9.17, 15) is 8.42 Å². The highest BCUT2D eigenvalue weighted by atomic mass is 32.2. The molecule has 0 unspecified atom stereocenters. The van der Waals surface area contributed by atoms with Gasteiger partial charge < -0.3 is 9.64 Å². The van der Waals surface area contributed by atoms with Crippen molar-refractivity contribution in [2.24, 2.45) is 0 Å². The van der Waals surface area contributed by atoms with Gasteiger partial charge in [0.2, 0.25) is 10.0 Å². The second-order valence-electron chi connectivity index (χ2n) is 8.01. The number of sulfonamides is 1. The third kappa shape index (κ3) is 4.96. The Hall–Kier alpha value is -2.09. The van der Waals surface area contributed by atoms with Gasteiger partial charge in [-0.2, -0.15) is 0 Å². The average molecular weight is 432 g/mol. The van der Waals surface area contributed by atoms with E-state index in [0.29, 0.717) is 18.0 Å². The lowest BCUT2D eigenvalue weighted by atomic mass is 10.0. The summed E-state index contributed by atoms with van der Waals surface area (Å²) in [5.74, 6) is 0.860. The first-order chi connectivity index (χ1) is 14.2. The van der Waals surface area contributed by atoms with Crippen molar-refractivity contribution >= 4 is 15.7 Å². The van der Waals surface area contributed by atoms with Gasteiger partial charge in [-0.15, -0.1) is 0 Å². The van der Waals surface area contributed by atoms with E-state index in [2.05, 4.69) is 26.7 Å². The summed E-state index contributed by atoms with van der Waals surface area (Å²) in [4.78, 5) is 5.09. The van der Waals surface area contributed by atoms with Crippen LogP contribution in [0.1, 0.15) is 22.3 Å². The SMILES string of the molecule is COc1ccc(N2CCN(CCNS(=O)(=O)c3c(C)c(C)cc(C)c3C)CC2)cc1. The first-order valence-electron chi connectivity index (χ1n) is 10.4. The average Bonchev–Trinajstić information content (AvgIpc) is 2.73. The lowest BCUT2D eigenvalue weighted by Crippen LogP contribution is -2.48. The Morgan fingerprint density at radius 1 is 0.933 bits per heavy atom. The molecular weight excluding hydrogens is 398 g/mol. The minimum atomic E-state index is -3.53. The van der Waals surface area contributed by atoms with Crippen LogP contribution in [-0.2, 0) is 10.0 Å². The number of rotatable bonds is 7. The van der Waals surface area contributed by atoms with Crippen molar-refractivity contribution in [1.29, 1.82) is 0 Å². The van der Waals surface area contributed by atoms with Crippen molar-refractivity contribution in [3.63, 3.8) is 0 Å². The zero-order valence-electron chi connectivity index (χ0n) is 18.7. The Balaban J connectivity index is 1.54. The minimum absolute atomic E-state index is 0.413. The topological polar surface area (TPSA) is 61.9 Å². The van der Waals surface area contributed by atoms with Crippen LogP contribution in [0.4, 0.5) is 5.69 Å². The molecule has 6 nitrogen and oxygen atoms in total. The molecule has 0 bridgehead atoms. The summed E-state index contributed by atoms with van der Waals surface area (Å²) in [5.41, 5.74) is 4.87. The molecule has 1 aliphatic rings. The van der Waals surface area contributed by atoms with Gasteiger partial charge in [0.15, 0.2) is 0 Å². The van der Waals surface area contributed by atoms with Crippen LogP contribution in [0.2, 0.25) is 0 Å². The zero-order chi connectivity index (χ0) is 21.9. The number of ether oxygens (including phenoxy) is 1. The van der Waals surface area contributed by atoms with Crippen molar-refractivity contribution in [3.05, 3.63) is 52.6 Å². The lowest BCUT2D eigenvalue weighted by Gasteiger charge is -2.36. The molecule has 2 aromatic rings. The maximum absolute atomic E-state index is 13.0. The molecule has 0 amide bonds. The monoisotopic (exact) mass is 431 g/mol. The molecular formula is C23H33N3O3S. The number of piperazine rings is 1. The molecule has 0 spiro atoms. The second-order valence-corrected chi connectivity index (χ2v) is 9.72. The van der Waals surface area contributed by atoms with Crippen molar-refractivity contribution in [2.45, 2.75) is 32.6 Å². The highest BCUT2D eigenvalue weighted by molar-refractivity contribution is 7.89. The Morgan fingerprint density at radius 3 is 2.03 bits per heavy atom. The molecule has 3 rings (SSSR count). The Labute approximate surface area is 180 Å². The Morgan fingerprint density at radius 2 is 1.50 bits per heavy atom. The third-order valence-corrected chi connectivity index (χ3v) is 7.83. The zero-order valence-corrected chi connectivity index (χ0v) is 19.5. The molecule has 1 fully saturated rings. The van der Waals surface area contributed by atoms with Crippen molar-refractivity contribution in [3.8, 4) is 5.75 Å². The number of anilines is 1. The fourth-order valence-electron chi connectivity index (χ4n) is 4.02. The van der Waals surface area contributed by atoms with Gasteiger partial charge in [0.05, 0.1) is 12.0 Å². The minimum Gasteiger partial charge on any atom is -0.497 e. The summed E-state index contributed by atoms with van der Waals surface area (Å²) < 4.78 is 34.0. The number of nitrogens with one attached hydrogen (secondary N) is 1. The smallest absolute Gasteiger partial charge is 0.241 e. The summed E-state index contributed by atoms with van der Waals surface area (Å²) >= 11 is 0. The standard InChI is InChI=1S/C23H33N3O3S/c1-17-16-18(2)20(4)23(19(17)3)30(27,28)24-10-11-25-12-14-26(15-13-25)21-6-8-22(29-5)9-7-21/h6-9,16,24H,10-15H2,1-5H3. The molecule has 1 aliphatic heterocycles. The number of nitrogens with zero attached hydrogens (tertiary/aromatic N) is 2. The van der Waals surface area contributed by atoms with Gasteiger partial charge in [0.1, 0.15) is 5.75 Å². The quantitative estimate of drug-likeness (QED) is 0.730. The van der Waals surface area contributed by atoms with Crippen LogP contribution >= 0.6 is 0 Å². The van der Waals surface area contributed by atoms with E-state index in [4.69, 9.17) is 4.74 Å². The van der Waals surface area contributed by atoms with E-state index in [1.165, 1.54) is 5.69 Å². The molecule has 0 atom stereocenters. The predicted molar refractivity (Wildman–Crippen MR) is 122 cm³/mol. The van der Waals surface area contributed by atoms with E-state index in [1.807, 2.05) is 45.9 Å². The van der Waals surface area contributed by atoms with Crippen LogP contribution < -0.4 is 14.4 Å². The highest BCUT2D eigenvalue weighted by Gasteiger charge is 2.23. The fourth-order valence-corrected chi connectivity index (χ4v) is 5.65. The summed E-state index contributed by atoms with van der Waals surface area (Å²) in [5, 5.41) is 0. The van der Waals surface area contributed by atoms with Gasteiger partial charge in [0, 0.05) is 45.0 Å². The Kier molecular flexibility index (Phi) is 7.06. The fraction of sp³-hybridized carbons (Fsp3) is 0.478. The van der Waals surface area contributed by atoms with Gasteiger partial charge in [-0.3, -0.25) is 4.90 Å². The van der Waals surface area contributed by atoms with Gasteiger partial charge in [-0.1, -0.05) is 6.07 Å². The van der Waals surface area contributed by atoms with Gasteiger partial charge >= 0.3 is 0 Å². The summed E-state index contributed by atoms with van der Waals surface area (Å²) in [6.07, 6.45) is 0. The maximum Gasteiger partial charge on any atom is 0.241 e. The first-order valence-corrected chi connectivity index (χ1v) is 11.9. The molecule has 2 aromatic carbocycles. The van der Waals surface area contributed by atoms with E-state index < -0.39 is 10.0 Å². The van der Waals surface area contributed by atoms with Crippen LogP contribution in [0.25, 0.3) is 0 Å². The van der Waals surface area contributed by atoms with Crippen LogP contribution in [-0.4, -0.2) is 59.7 Å². The van der Waals surface area contributed by atoms with Crippen LogP contribution in [0, 0.1) is 27.7 Å². The molecule has 0 aliphatic carbocycles. The normalized spacial score (nSPS) is 15.4. The molecule has 1 N–H and O–H groups in total. The molecule has 0 radical (unpaired) electrons. The highest BCUT2D eigenvalue weighted by Crippen LogP contribution is 2.26. The van der Waals surface area contributed by atoms with E-state index in [-0.39, 0.29) is 0 Å². The van der Waals surface area contributed by atoms with Crippen molar-refractivity contribution in [2.75, 3.05) is 51.3 Å². The third-order valence-electron chi connectivity index (χ3n) is 6.10. The molecule has 30 heavy (non-hydrogen) atoms. The predicted octanol–water partition coefficient (Wildman–Crippen LogP) is 3.03. The van der Waals surface area contributed by atoms with Gasteiger partial charge in [-0.25, -0.2) is 13.1 Å². The lowest BCUT2D eigenvalue weighted by molar-refractivity contribution is 0.262. The van der Waals surface area contributed by atoms with Crippen LogP contribution in [0.3, 0.4) is 0 Å². The van der Waals surface area contributed by atoms with Gasteiger partial charge in [0.25, 0.3) is 0 Å². The van der Waals surface area contributed by atoms with E-state index >= 15 is 0 Å². The molecule has 164 valence electrons. The number of benzene rings is 2. The second kappa shape index (κ2) is 9.37. The van der Waals surface area contributed by atoms with Crippen LogP contribution in [0.5, 0.6) is 5.75 Å². The molecule has 1 saturated heterocycles. The van der Waals surface area contributed by atoms with Crippen molar-refractivity contribution < 1.29 is 13.2 Å². The number of hydrogen-bond acceptors (Lipinski definition) is 5. The number of methoxy groups -OCH3 is 1. The summed E-state index contributed by atoms with van der Waals surface area (Å²) in [6, 6.07) is 10.2. The Bertz CT molecular complexity index is 953. The maximum atomic E-state index is 13.0. The largest absolute Gasteiger partial charge is 0.497 e. The number of hydrogen-bond donors (Lipinski definition) is 1. The molecule has 7 heteroatoms. The first kappa shape index (κ1) is 22.6. The molecule has 1 heterocycles. The summed E-state index contributed by atoms with van der Waals surface area (Å²) in [6.45, 7) is 12.5. The number of aryl methyl sites for hydroxylation is 2. The van der Waals surface area contributed by atoms with E-state index in [1.54, 1.807) is 7.11 Å². The molecule has 0 aromatic heterocycles. The van der Waals surface area contributed by atoms with E-state index in [0.717, 1.165) is 54.2 Å². The molecule has 0 saturated carbocycles. The van der Waals surface area contributed by atoms with Gasteiger partial charge in [-0.05, 0) is 74.2 Å². The van der Waals surface area contributed by atoms with Crippen LogP contribution in [0.15, 0.2) is 35.2 Å².